The Morgan fingerprint density at radius 2 is 1.38 bits per heavy atom. The minimum Gasteiger partial charge on any atom is -0.467 e. The molecule has 0 radical (unpaired) electrons. The van der Waals surface area contributed by atoms with E-state index >= 15 is 0 Å². The van der Waals surface area contributed by atoms with Crippen molar-refractivity contribution in [3.63, 3.8) is 0 Å². The van der Waals surface area contributed by atoms with Crippen LogP contribution in [0.4, 0.5) is 0 Å². The average Bonchev–Trinajstić information content (AvgIpc) is 3.11. The van der Waals surface area contributed by atoms with Crippen LogP contribution in [0, 0.1) is 12.5 Å². The van der Waals surface area contributed by atoms with E-state index in [2.05, 4.69) is 13.4 Å². The molecule has 2 aliphatic heterocycles. The van der Waals surface area contributed by atoms with Gasteiger partial charge in [0.25, 0.3) is 0 Å². The molecule has 0 aromatic heterocycles. The first kappa shape index (κ1) is 15.9. The van der Waals surface area contributed by atoms with Crippen LogP contribution in [0.3, 0.4) is 0 Å². The van der Waals surface area contributed by atoms with Gasteiger partial charge in [0.2, 0.25) is 0 Å². The molecule has 2 aliphatic rings. The van der Waals surface area contributed by atoms with E-state index in [0.29, 0.717) is 37.6 Å². The fourth-order valence-electron chi connectivity index (χ4n) is 2.38. The second-order valence-electron chi connectivity index (χ2n) is 5.10. The summed E-state index contributed by atoms with van der Waals surface area (Å²) in [5.74, 6) is 0.855. The second-order valence-corrected chi connectivity index (χ2v) is 5.10. The predicted octanol–water partition coefficient (Wildman–Crippen LogP) is 2.52. The van der Waals surface area contributed by atoms with Crippen LogP contribution in [0.5, 0.6) is 0 Å². The molecule has 0 fully saturated rings. The highest BCUT2D eigenvalue weighted by Crippen LogP contribution is 2.32. The van der Waals surface area contributed by atoms with E-state index in [4.69, 9.17) is 18.9 Å². The molecule has 1 aromatic rings. The minimum atomic E-state index is 0.428. The molecule has 0 amide bonds. The Morgan fingerprint density at radius 3 is 1.79 bits per heavy atom. The van der Waals surface area contributed by atoms with E-state index < -0.39 is 0 Å². The maximum absolute atomic E-state index is 5.71. The van der Waals surface area contributed by atoms with Crippen LogP contribution >= 0.6 is 0 Å². The Kier molecular flexibility index (Phi) is 4.37. The normalized spacial score (nSPS) is 16.6. The van der Waals surface area contributed by atoms with Gasteiger partial charge in [-0.15, -0.1) is 24.3 Å². The van der Waals surface area contributed by atoms with Crippen molar-refractivity contribution in [2.24, 2.45) is 0 Å². The third-order valence-corrected chi connectivity index (χ3v) is 3.37. The summed E-state index contributed by atoms with van der Waals surface area (Å²) in [6.45, 7) is 12.7. The van der Waals surface area contributed by atoms with Gasteiger partial charge in [-0.1, -0.05) is 0 Å². The van der Waals surface area contributed by atoms with Gasteiger partial charge in [-0.25, -0.2) is 9.15 Å². The quantitative estimate of drug-likeness (QED) is 0.594. The Morgan fingerprint density at radius 1 is 0.917 bits per heavy atom. The minimum absolute atomic E-state index is 0.428. The molecule has 0 unspecified atom stereocenters. The van der Waals surface area contributed by atoms with Crippen molar-refractivity contribution in [2.45, 2.75) is 13.8 Å². The summed E-state index contributed by atoms with van der Waals surface area (Å²) in [5, 5.41) is 0. The van der Waals surface area contributed by atoms with E-state index in [1.165, 1.54) is 0 Å². The van der Waals surface area contributed by atoms with E-state index in [1.807, 2.05) is 38.1 Å². The molecule has 6 nitrogen and oxygen atoms in total. The molecule has 0 saturated heterocycles. The highest BCUT2D eigenvalue weighted by atomic mass is 16.7. The summed E-state index contributed by atoms with van der Waals surface area (Å²) in [5.41, 5.74) is 1.70. The maximum Gasteiger partial charge on any atom is 0.311 e. The van der Waals surface area contributed by atoms with Gasteiger partial charge in [0.1, 0.15) is 0 Å². The molecule has 2 heterocycles. The van der Waals surface area contributed by atoms with E-state index in [9.17, 15) is 0 Å². The predicted molar refractivity (Wildman–Crippen MR) is 87.5 cm³/mol. The molecule has 24 heavy (non-hydrogen) atoms. The van der Waals surface area contributed by atoms with Gasteiger partial charge < -0.3 is 18.9 Å². The highest BCUT2D eigenvalue weighted by Gasteiger charge is 2.31. The van der Waals surface area contributed by atoms with Crippen molar-refractivity contribution in [3.8, 4) is 0 Å². The molecular weight excluding hydrogens is 308 g/mol. The van der Waals surface area contributed by atoms with Gasteiger partial charge in [0.15, 0.2) is 12.4 Å². The molecule has 0 saturated carbocycles. The lowest BCUT2D eigenvalue weighted by Gasteiger charge is -2.16. The number of ether oxygens (including phenoxy) is 4. The van der Waals surface area contributed by atoms with Crippen molar-refractivity contribution in [1.29, 1.82) is 0 Å². The molecule has 0 aliphatic carbocycles. The van der Waals surface area contributed by atoms with Gasteiger partial charge in [-0.2, -0.15) is 0 Å². The lowest BCUT2D eigenvalue weighted by molar-refractivity contribution is -0.448. The molecule has 0 spiro atoms. The first-order chi connectivity index (χ1) is 11.6. The maximum atomic E-state index is 5.71. The summed E-state index contributed by atoms with van der Waals surface area (Å²) in [6.07, 6.45) is 4.58. The van der Waals surface area contributed by atoms with Crippen molar-refractivity contribution < 1.29 is 28.1 Å². The van der Waals surface area contributed by atoms with E-state index in [1.54, 1.807) is 21.6 Å². The molecule has 0 atom stereocenters. The van der Waals surface area contributed by atoms with Crippen LogP contribution in [-0.2, 0) is 18.9 Å². The Hall–Kier alpha value is -3.02. The lowest BCUT2D eigenvalue weighted by Crippen LogP contribution is -2.14. The van der Waals surface area contributed by atoms with Crippen LogP contribution in [0.1, 0.15) is 25.0 Å². The van der Waals surface area contributed by atoms with Crippen LogP contribution in [0.25, 0.3) is 0 Å². The van der Waals surface area contributed by atoms with Gasteiger partial charge in [-0.3, -0.25) is 0 Å². The third kappa shape index (κ3) is 3.03. The number of benzene rings is 1. The van der Waals surface area contributed by atoms with Crippen molar-refractivity contribution in [1.82, 2.24) is 0 Å². The van der Waals surface area contributed by atoms with Crippen molar-refractivity contribution >= 4 is 13.4 Å². The summed E-state index contributed by atoms with van der Waals surface area (Å²) in [6, 6.07) is 7.71. The van der Waals surface area contributed by atoms with Crippen molar-refractivity contribution in [3.05, 3.63) is 72.1 Å². The molecule has 126 valence electrons. The van der Waals surface area contributed by atoms with Gasteiger partial charge in [0, 0.05) is 0 Å². The smallest absolute Gasteiger partial charge is 0.311 e. The molecule has 0 N–H and O–H groups in total. The first-order valence-electron chi connectivity index (χ1n) is 7.71. The zero-order valence-electron chi connectivity index (χ0n) is 13.8. The number of hydrogen-bond donors (Lipinski definition) is 0. The summed E-state index contributed by atoms with van der Waals surface area (Å²) in [7, 11) is 0. The SMILES string of the molecule is C=[N+]1C=C(OCC)O[C-]1c1cccc([C-]2OC(OCC)=C[N+]2=C)c1. The Bertz CT molecular complexity index is 666. The van der Waals surface area contributed by atoms with Crippen LogP contribution in [0.15, 0.2) is 48.6 Å². The largest absolute Gasteiger partial charge is 0.467 e. The molecule has 1 aromatic carbocycles. The highest BCUT2D eigenvalue weighted by molar-refractivity contribution is 5.37. The van der Waals surface area contributed by atoms with Crippen LogP contribution < -0.4 is 0 Å². The van der Waals surface area contributed by atoms with Crippen LogP contribution in [-0.4, -0.2) is 35.8 Å². The average molecular weight is 328 g/mol. The lowest BCUT2D eigenvalue weighted by atomic mass is 10.1. The molecule has 3 rings (SSSR count). The van der Waals surface area contributed by atoms with E-state index in [0.717, 1.165) is 11.1 Å². The second kappa shape index (κ2) is 6.62. The molecule has 0 bridgehead atoms. The van der Waals surface area contributed by atoms with Gasteiger partial charge in [-0.05, 0) is 25.0 Å². The van der Waals surface area contributed by atoms with E-state index in [-0.39, 0.29) is 0 Å². The standard InChI is InChI=1S/C18H20N2O4/c1-5-21-15-11-19(3)17(23-15)13-8-7-9-14(10-13)18-20(4)12-16(24-18)22-6-2/h7-12H,3-6H2,1-2H3. The van der Waals surface area contributed by atoms with Gasteiger partial charge >= 0.3 is 24.3 Å². The van der Waals surface area contributed by atoms with Gasteiger partial charge in [0.05, 0.1) is 26.6 Å². The van der Waals surface area contributed by atoms with Crippen molar-refractivity contribution in [2.75, 3.05) is 13.2 Å². The molecule has 6 heteroatoms. The monoisotopic (exact) mass is 328 g/mol. The summed E-state index contributed by atoms with van der Waals surface area (Å²) < 4.78 is 25.4. The number of nitrogens with zero attached hydrogens (tertiary/aromatic N) is 2. The topological polar surface area (TPSA) is 42.9 Å². The zero-order chi connectivity index (χ0) is 17.1. The fourth-order valence-corrected chi connectivity index (χ4v) is 2.38. The summed E-state index contributed by atoms with van der Waals surface area (Å²) in [4.78, 5) is 0. The number of rotatable bonds is 6. The Balaban J connectivity index is 1.77. The fraction of sp³-hybridized carbons (Fsp3) is 0.222. The molecular formula is C18H20N2O4. The Labute approximate surface area is 141 Å². The summed E-state index contributed by atoms with van der Waals surface area (Å²) >= 11 is 0. The third-order valence-electron chi connectivity index (χ3n) is 3.37. The zero-order valence-corrected chi connectivity index (χ0v) is 13.8. The van der Waals surface area contributed by atoms with Crippen LogP contribution in [0.2, 0.25) is 0 Å². The first-order valence-corrected chi connectivity index (χ1v) is 7.71. The number of hydrogen-bond acceptors (Lipinski definition) is 4.